The summed E-state index contributed by atoms with van der Waals surface area (Å²) in [4.78, 5) is 24.3. The molecule has 2 aromatic rings. The van der Waals surface area contributed by atoms with E-state index in [2.05, 4.69) is 17.3 Å². The Bertz CT molecular complexity index is 780. The van der Waals surface area contributed by atoms with Gasteiger partial charge in [0.15, 0.2) is 0 Å². The van der Waals surface area contributed by atoms with Crippen molar-refractivity contribution < 1.29 is 4.79 Å². The van der Waals surface area contributed by atoms with Crippen molar-refractivity contribution in [1.82, 2.24) is 9.78 Å². The van der Waals surface area contributed by atoms with Gasteiger partial charge in [-0.1, -0.05) is 19.1 Å². The lowest BCUT2D eigenvalue weighted by Gasteiger charge is -2.15. The van der Waals surface area contributed by atoms with Crippen LogP contribution in [0.15, 0.2) is 35.1 Å². The lowest BCUT2D eigenvalue weighted by Crippen LogP contribution is -2.31. The van der Waals surface area contributed by atoms with Gasteiger partial charge in [-0.2, -0.15) is 5.10 Å². The Labute approximate surface area is 135 Å². The highest BCUT2D eigenvalue weighted by Crippen LogP contribution is 2.17. The zero-order valence-corrected chi connectivity index (χ0v) is 13.3. The predicted octanol–water partition coefficient (Wildman–Crippen LogP) is 2.32. The molecule has 0 spiro atoms. The maximum atomic E-state index is 12.2. The SMILES string of the molecule is CCc1cccc(NC(=O)Cn2nc3c(cc2=O)CCCC3)c1. The van der Waals surface area contributed by atoms with Crippen molar-refractivity contribution in [3.05, 3.63) is 57.5 Å². The molecule has 0 bridgehead atoms. The molecule has 0 atom stereocenters. The number of benzene rings is 1. The molecule has 1 amide bonds. The molecular weight excluding hydrogens is 290 g/mol. The van der Waals surface area contributed by atoms with E-state index in [1.807, 2.05) is 24.3 Å². The van der Waals surface area contributed by atoms with Crippen LogP contribution in [0.4, 0.5) is 5.69 Å². The summed E-state index contributed by atoms with van der Waals surface area (Å²) >= 11 is 0. The molecule has 3 rings (SSSR count). The Morgan fingerprint density at radius 3 is 2.91 bits per heavy atom. The van der Waals surface area contributed by atoms with Crippen LogP contribution in [0.2, 0.25) is 0 Å². The lowest BCUT2D eigenvalue weighted by molar-refractivity contribution is -0.117. The van der Waals surface area contributed by atoms with E-state index in [9.17, 15) is 9.59 Å². The van der Waals surface area contributed by atoms with Gasteiger partial charge in [0.05, 0.1) is 5.69 Å². The van der Waals surface area contributed by atoms with E-state index >= 15 is 0 Å². The minimum atomic E-state index is -0.233. The van der Waals surface area contributed by atoms with Crippen LogP contribution < -0.4 is 10.9 Å². The average molecular weight is 311 g/mol. The number of carbonyl (C=O) groups is 1. The zero-order chi connectivity index (χ0) is 16.2. The van der Waals surface area contributed by atoms with Crippen LogP contribution in [-0.2, 0) is 30.6 Å². The van der Waals surface area contributed by atoms with Gasteiger partial charge in [0, 0.05) is 11.8 Å². The third-order valence-corrected chi connectivity index (χ3v) is 4.19. The van der Waals surface area contributed by atoms with Gasteiger partial charge in [0.2, 0.25) is 5.91 Å². The molecule has 0 aliphatic heterocycles. The Kier molecular flexibility index (Phi) is 4.55. The first kappa shape index (κ1) is 15.5. The largest absolute Gasteiger partial charge is 0.324 e. The fourth-order valence-electron chi connectivity index (χ4n) is 2.92. The summed E-state index contributed by atoms with van der Waals surface area (Å²) in [5.74, 6) is -0.233. The number of hydrogen-bond acceptors (Lipinski definition) is 3. The molecule has 1 aromatic heterocycles. The molecule has 0 radical (unpaired) electrons. The van der Waals surface area contributed by atoms with E-state index in [0.29, 0.717) is 0 Å². The van der Waals surface area contributed by atoms with Crippen LogP contribution in [-0.4, -0.2) is 15.7 Å². The van der Waals surface area contributed by atoms with Crippen molar-refractivity contribution in [1.29, 1.82) is 0 Å². The second-order valence-electron chi connectivity index (χ2n) is 5.92. The second kappa shape index (κ2) is 6.77. The number of fused-ring (bicyclic) bond motifs is 1. The summed E-state index contributed by atoms with van der Waals surface area (Å²) in [6.07, 6.45) is 4.90. The van der Waals surface area contributed by atoms with E-state index in [1.54, 1.807) is 6.07 Å². The highest BCUT2D eigenvalue weighted by atomic mass is 16.2. The summed E-state index contributed by atoms with van der Waals surface area (Å²) in [5, 5.41) is 7.21. The Morgan fingerprint density at radius 2 is 2.09 bits per heavy atom. The van der Waals surface area contributed by atoms with Gasteiger partial charge < -0.3 is 5.32 Å². The first-order valence-electron chi connectivity index (χ1n) is 8.14. The summed E-state index contributed by atoms with van der Waals surface area (Å²) in [6, 6.07) is 9.36. The number of rotatable bonds is 4. The summed E-state index contributed by atoms with van der Waals surface area (Å²) in [5.41, 5.74) is 3.69. The van der Waals surface area contributed by atoms with Crippen LogP contribution in [0.5, 0.6) is 0 Å². The fourth-order valence-corrected chi connectivity index (χ4v) is 2.92. The molecule has 0 fully saturated rings. The molecule has 5 nitrogen and oxygen atoms in total. The van der Waals surface area contributed by atoms with Crippen LogP contribution in [0.1, 0.15) is 36.6 Å². The van der Waals surface area contributed by atoms with Crippen LogP contribution in [0, 0.1) is 0 Å². The summed E-state index contributed by atoms with van der Waals surface area (Å²) in [6.45, 7) is 2.01. The third kappa shape index (κ3) is 3.67. The van der Waals surface area contributed by atoms with Crippen molar-refractivity contribution in [2.75, 3.05) is 5.32 Å². The lowest BCUT2D eigenvalue weighted by atomic mass is 9.97. The Morgan fingerprint density at radius 1 is 1.26 bits per heavy atom. The Balaban J connectivity index is 1.73. The monoisotopic (exact) mass is 311 g/mol. The minimum Gasteiger partial charge on any atom is -0.324 e. The van der Waals surface area contributed by atoms with Crippen LogP contribution in [0.25, 0.3) is 0 Å². The number of aryl methyl sites for hydroxylation is 3. The standard InChI is InChI=1S/C18H21N3O2/c1-2-13-6-5-8-15(10-13)19-17(22)12-21-18(23)11-14-7-3-4-9-16(14)20-21/h5-6,8,10-11H,2-4,7,9,12H2,1H3,(H,19,22). The highest BCUT2D eigenvalue weighted by Gasteiger charge is 2.14. The number of amides is 1. The molecule has 0 saturated carbocycles. The number of nitrogens with one attached hydrogen (secondary N) is 1. The highest BCUT2D eigenvalue weighted by molar-refractivity contribution is 5.90. The average Bonchev–Trinajstić information content (AvgIpc) is 2.55. The van der Waals surface area contributed by atoms with E-state index in [0.717, 1.165) is 54.6 Å². The molecule has 0 unspecified atom stereocenters. The maximum Gasteiger partial charge on any atom is 0.267 e. The van der Waals surface area contributed by atoms with E-state index in [1.165, 1.54) is 4.68 Å². The zero-order valence-electron chi connectivity index (χ0n) is 13.3. The molecule has 23 heavy (non-hydrogen) atoms. The second-order valence-corrected chi connectivity index (χ2v) is 5.92. The van der Waals surface area contributed by atoms with Crippen molar-refractivity contribution in [3.63, 3.8) is 0 Å². The fraction of sp³-hybridized carbons (Fsp3) is 0.389. The minimum absolute atomic E-state index is 0.0531. The van der Waals surface area contributed by atoms with E-state index < -0.39 is 0 Å². The van der Waals surface area contributed by atoms with Gasteiger partial charge in [0.25, 0.3) is 5.56 Å². The van der Waals surface area contributed by atoms with Gasteiger partial charge in [-0.3, -0.25) is 9.59 Å². The molecule has 120 valence electrons. The molecule has 1 aliphatic rings. The normalized spacial score (nSPS) is 13.4. The van der Waals surface area contributed by atoms with Crippen LogP contribution >= 0.6 is 0 Å². The van der Waals surface area contributed by atoms with Gasteiger partial charge in [-0.15, -0.1) is 0 Å². The van der Waals surface area contributed by atoms with Gasteiger partial charge in [0.1, 0.15) is 6.54 Å². The van der Waals surface area contributed by atoms with Gasteiger partial charge in [-0.05, 0) is 55.4 Å². The number of aromatic nitrogens is 2. The summed E-state index contributed by atoms with van der Waals surface area (Å²) in [7, 11) is 0. The van der Waals surface area contributed by atoms with Crippen molar-refractivity contribution >= 4 is 11.6 Å². The number of hydrogen-bond donors (Lipinski definition) is 1. The first-order chi connectivity index (χ1) is 11.2. The van der Waals surface area contributed by atoms with E-state index in [4.69, 9.17) is 0 Å². The molecular formula is C18H21N3O2. The molecule has 5 heteroatoms. The number of nitrogens with zero attached hydrogens (tertiary/aromatic N) is 2. The molecule has 1 aromatic carbocycles. The predicted molar refractivity (Wildman–Crippen MR) is 89.6 cm³/mol. The Hall–Kier alpha value is -2.43. The molecule has 1 aliphatic carbocycles. The summed E-state index contributed by atoms with van der Waals surface area (Å²) < 4.78 is 1.27. The molecule has 0 saturated heterocycles. The maximum absolute atomic E-state index is 12.2. The number of carbonyl (C=O) groups excluding carboxylic acids is 1. The van der Waals surface area contributed by atoms with Gasteiger partial charge >= 0.3 is 0 Å². The first-order valence-corrected chi connectivity index (χ1v) is 8.14. The topological polar surface area (TPSA) is 64.0 Å². The van der Waals surface area contributed by atoms with Crippen molar-refractivity contribution in [2.45, 2.75) is 45.6 Å². The van der Waals surface area contributed by atoms with Gasteiger partial charge in [-0.25, -0.2) is 4.68 Å². The molecule has 1 N–H and O–H groups in total. The van der Waals surface area contributed by atoms with Crippen LogP contribution in [0.3, 0.4) is 0 Å². The quantitative estimate of drug-likeness (QED) is 0.942. The van der Waals surface area contributed by atoms with Crippen molar-refractivity contribution in [3.8, 4) is 0 Å². The number of anilines is 1. The third-order valence-electron chi connectivity index (χ3n) is 4.19. The van der Waals surface area contributed by atoms with Crippen molar-refractivity contribution in [2.24, 2.45) is 0 Å². The van der Waals surface area contributed by atoms with E-state index in [-0.39, 0.29) is 18.0 Å². The smallest absolute Gasteiger partial charge is 0.267 e. The molecule has 1 heterocycles.